The summed E-state index contributed by atoms with van der Waals surface area (Å²) >= 11 is 0. The highest BCUT2D eigenvalue weighted by Crippen LogP contribution is 2.37. The van der Waals surface area contributed by atoms with Crippen LogP contribution in [0.15, 0.2) is 72.8 Å². The predicted octanol–water partition coefficient (Wildman–Crippen LogP) is 5.18. The van der Waals surface area contributed by atoms with E-state index in [1.54, 1.807) is 0 Å². The molecule has 1 saturated heterocycles. The van der Waals surface area contributed by atoms with Crippen molar-refractivity contribution in [2.45, 2.75) is 44.6 Å². The number of rotatable bonds is 9. The van der Waals surface area contributed by atoms with Gasteiger partial charge in [-0.1, -0.05) is 85.7 Å². The molecule has 0 spiro atoms. The standard InChI is InChI=1S/C26H29NO3/c28-25(27-24(19-30-26(27)29)18-21-12-5-2-6-13-21)23(17-22-15-16-22)14-8-7-11-20-9-3-1-4-10-20/h1-10,12-13,22-24H,11,14-19H2/b8-7+/t23-,24-/m0/s1. The fourth-order valence-electron chi connectivity index (χ4n) is 4.11. The maximum atomic E-state index is 13.4. The number of cyclic esters (lactones) is 1. The fourth-order valence-corrected chi connectivity index (χ4v) is 4.11. The van der Waals surface area contributed by atoms with Gasteiger partial charge in [-0.3, -0.25) is 4.79 Å². The van der Waals surface area contributed by atoms with Crippen molar-refractivity contribution < 1.29 is 14.3 Å². The largest absolute Gasteiger partial charge is 0.447 e. The van der Waals surface area contributed by atoms with Crippen LogP contribution in [-0.4, -0.2) is 29.5 Å². The van der Waals surface area contributed by atoms with E-state index in [0.717, 1.165) is 18.4 Å². The first-order valence-electron chi connectivity index (χ1n) is 10.9. The molecule has 1 saturated carbocycles. The molecule has 0 aromatic heterocycles. The van der Waals surface area contributed by atoms with E-state index in [0.29, 0.717) is 18.8 Å². The summed E-state index contributed by atoms with van der Waals surface area (Å²) in [7, 11) is 0. The van der Waals surface area contributed by atoms with E-state index in [9.17, 15) is 9.59 Å². The van der Waals surface area contributed by atoms with Gasteiger partial charge in [0.1, 0.15) is 6.61 Å². The van der Waals surface area contributed by atoms with E-state index in [1.165, 1.54) is 23.3 Å². The second kappa shape index (κ2) is 9.75. The van der Waals surface area contributed by atoms with Gasteiger partial charge < -0.3 is 4.74 Å². The van der Waals surface area contributed by atoms with E-state index in [2.05, 4.69) is 24.3 Å². The Bertz CT molecular complexity index is 874. The minimum Gasteiger partial charge on any atom is -0.447 e. The molecule has 2 aromatic carbocycles. The van der Waals surface area contributed by atoms with Crippen LogP contribution in [0.3, 0.4) is 0 Å². The summed E-state index contributed by atoms with van der Waals surface area (Å²) in [6.07, 6.45) is 9.14. The number of nitrogens with zero attached hydrogens (tertiary/aromatic N) is 1. The molecular formula is C26H29NO3. The molecule has 30 heavy (non-hydrogen) atoms. The van der Waals surface area contributed by atoms with Gasteiger partial charge in [-0.15, -0.1) is 0 Å². The predicted molar refractivity (Wildman–Crippen MR) is 117 cm³/mol. The van der Waals surface area contributed by atoms with Crippen molar-refractivity contribution in [2.75, 3.05) is 6.61 Å². The van der Waals surface area contributed by atoms with Gasteiger partial charge in [-0.05, 0) is 42.7 Å². The number of ether oxygens (including phenoxy) is 1. The van der Waals surface area contributed by atoms with Crippen molar-refractivity contribution in [1.29, 1.82) is 0 Å². The van der Waals surface area contributed by atoms with E-state index in [-0.39, 0.29) is 24.5 Å². The van der Waals surface area contributed by atoms with Gasteiger partial charge in [-0.25, -0.2) is 9.69 Å². The fraction of sp³-hybridized carbons (Fsp3) is 0.385. The Morgan fingerprint density at radius 1 is 1.00 bits per heavy atom. The van der Waals surface area contributed by atoms with Crippen LogP contribution >= 0.6 is 0 Å². The lowest BCUT2D eigenvalue weighted by Crippen LogP contribution is -2.43. The molecule has 2 fully saturated rings. The first kappa shape index (κ1) is 20.4. The zero-order valence-corrected chi connectivity index (χ0v) is 17.3. The third kappa shape index (κ3) is 5.38. The van der Waals surface area contributed by atoms with E-state index in [4.69, 9.17) is 4.74 Å². The number of imide groups is 1. The van der Waals surface area contributed by atoms with Crippen LogP contribution in [-0.2, 0) is 22.4 Å². The third-order valence-electron chi connectivity index (χ3n) is 5.96. The Balaban J connectivity index is 1.41. The van der Waals surface area contributed by atoms with Crippen LogP contribution in [0, 0.1) is 11.8 Å². The Labute approximate surface area is 178 Å². The second-order valence-electron chi connectivity index (χ2n) is 8.40. The molecule has 2 aromatic rings. The molecular weight excluding hydrogens is 374 g/mol. The molecule has 1 heterocycles. The van der Waals surface area contributed by atoms with Crippen molar-refractivity contribution in [1.82, 2.24) is 4.90 Å². The highest BCUT2D eigenvalue weighted by Gasteiger charge is 2.41. The SMILES string of the molecule is O=C1OC[C@H](Cc2ccccc2)N1C(=O)[C@@H](C/C=C/Cc1ccccc1)CC1CC1. The lowest BCUT2D eigenvalue weighted by Gasteiger charge is -2.24. The average Bonchev–Trinajstić information content (AvgIpc) is 3.52. The topological polar surface area (TPSA) is 46.6 Å². The summed E-state index contributed by atoms with van der Waals surface area (Å²) in [5.74, 6) is 0.385. The molecule has 4 nitrogen and oxygen atoms in total. The van der Waals surface area contributed by atoms with E-state index >= 15 is 0 Å². The number of amides is 2. The molecule has 156 valence electrons. The second-order valence-corrected chi connectivity index (χ2v) is 8.40. The normalized spacial score (nSPS) is 19.8. The van der Waals surface area contributed by atoms with Gasteiger partial charge in [0, 0.05) is 5.92 Å². The quantitative estimate of drug-likeness (QED) is 0.542. The Kier molecular flexibility index (Phi) is 6.63. The maximum Gasteiger partial charge on any atom is 0.416 e. The number of carbonyl (C=O) groups excluding carboxylic acids is 2. The first-order chi connectivity index (χ1) is 14.7. The van der Waals surface area contributed by atoms with Crippen LogP contribution in [0.4, 0.5) is 4.79 Å². The average molecular weight is 404 g/mol. The maximum absolute atomic E-state index is 13.4. The van der Waals surface area contributed by atoms with Gasteiger partial charge in [0.2, 0.25) is 5.91 Å². The summed E-state index contributed by atoms with van der Waals surface area (Å²) < 4.78 is 5.27. The van der Waals surface area contributed by atoms with Gasteiger partial charge in [0.15, 0.2) is 0 Å². The van der Waals surface area contributed by atoms with Crippen molar-refractivity contribution >= 4 is 12.0 Å². The molecule has 2 atom stereocenters. The molecule has 1 aliphatic heterocycles. The van der Waals surface area contributed by atoms with Gasteiger partial charge in [-0.2, -0.15) is 0 Å². The number of carbonyl (C=O) groups is 2. The molecule has 1 aliphatic carbocycles. The van der Waals surface area contributed by atoms with Crippen molar-refractivity contribution in [3.63, 3.8) is 0 Å². The molecule has 0 N–H and O–H groups in total. The van der Waals surface area contributed by atoms with Crippen LogP contribution in [0.25, 0.3) is 0 Å². The Hall–Kier alpha value is -2.88. The van der Waals surface area contributed by atoms with Crippen molar-refractivity contribution in [3.8, 4) is 0 Å². The highest BCUT2D eigenvalue weighted by molar-refractivity contribution is 5.95. The van der Waals surface area contributed by atoms with Crippen LogP contribution in [0.1, 0.15) is 36.8 Å². The summed E-state index contributed by atoms with van der Waals surface area (Å²) in [5.41, 5.74) is 2.37. The molecule has 4 rings (SSSR count). The molecule has 2 aliphatic rings. The zero-order valence-electron chi connectivity index (χ0n) is 17.3. The first-order valence-corrected chi connectivity index (χ1v) is 10.9. The number of allylic oxidation sites excluding steroid dienone is 2. The zero-order chi connectivity index (χ0) is 20.8. The Morgan fingerprint density at radius 3 is 2.33 bits per heavy atom. The van der Waals surface area contributed by atoms with E-state index in [1.807, 2.05) is 48.5 Å². The van der Waals surface area contributed by atoms with Crippen LogP contribution < -0.4 is 0 Å². The molecule has 0 bridgehead atoms. The Morgan fingerprint density at radius 2 is 1.67 bits per heavy atom. The molecule has 0 radical (unpaired) electrons. The smallest absolute Gasteiger partial charge is 0.416 e. The lowest BCUT2D eigenvalue weighted by atomic mass is 9.95. The molecule has 2 amide bonds. The van der Waals surface area contributed by atoms with Gasteiger partial charge in [0.25, 0.3) is 0 Å². The van der Waals surface area contributed by atoms with Crippen LogP contribution in [0.2, 0.25) is 0 Å². The number of benzene rings is 2. The molecule has 4 heteroatoms. The minimum atomic E-state index is -0.491. The molecule has 0 unspecified atom stereocenters. The summed E-state index contributed by atoms with van der Waals surface area (Å²) in [4.78, 5) is 27.2. The lowest BCUT2D eigenvalue weighted by molar-refractivity contribution is -0.133. The summed E-state index contributed by atoms with van der Waals surface area (Å²) in [6, 6.07) is 20.1. The van der Waals surface area contributed by atoms with Crippen molar-refractivity contribution in [3.05, 3.63) is 83.9 Å². The minimum absolute atomic E-state index is 0.0744. The van der Waals surface area contributed by atoms with Gasteiger partial charge in [0.05, 0.1) is 6.04 Å². The third-order valence-corrected chi connectivity index (χ3v) is 5.96. The highest BCUT2D eigenvalue weighted by atomic mass is 16.6. The number of hydrogen-bond donors (Lipinski definition) is 0. The monoisotopic (exact) mass is 403 g/mol. The number of hydrogen-bond acceptors (Lipinski definition) is 3. The summed E-state index contributed by atoms with van der Waals surface area (Å²) in [6.45, 7) is 0.277. The van der Waals surface area contributed by atoms with Crippen LogP contribution in [0.5, 0.6) is 0 Å². The van der Waals surface area contributed by atoms with E-state index < -0.39 is 6.09 Å². The van der Waals surface area contributed by atoms with Gasteiger partial charge >= 0.3 is 6.09 Å². The summed E-state index contributed by atoms with van der Waals surface area (Å²) in [5, 5.41) is 0. The van der Waals surface area contributed by atoms with Crippen molar-refractivity contribution in [2.24, 2.45) is 11.8 Å².